The highest BCUT2D eigenvalue weighted by Gasteiger charge is 2.07. The van der Waals surface area contributed by atoms with E-state index in [1.165, 1.54) is 0 Å². The van der Waals surface area contributed by atoms with Crippen LogP contribution in [0.3, 0.4) is 0 Å². The number of rotatable bonds is 3. The highest BCUT2D eigenvalue weighted by Crippen LogP contribution is 2.23. The molecule has 1 rings (SSSR count). The largest absolute Gasteiger partial charge is 0.392 e. The van der Waals surface area contributed by atoms with Crippen LogP contribution < -0.4 is 5.32 Å². The molecule has 0 aliphatic rings. The summed E-state index contributed by atoms with van der Waals surface area (Å²) in [6.07, 6.45) is 0. The Morgan fingerprint density at radius 2 is 2.23 bits per heavy atom. The number of aliphatic hydroxyl groups excluding tert-OH is 1. The maximum Gasteiger partial charge on any atom is 0.0682 e. The molecule has 0 fully saturated rings. The van der Waals surface area contributed by atoms with Gasteiger partial charge < -0.3 is 10.4 Å². The van der Waals surface area contributed by atoms with Gasteiger partial charge in [0.25, 0.3) is 0 Å². The maximum atomic E-state index is 8.87. The molecule has 0 aliphatic heterocycles. The highest BCUT2D eigenvalue weighted by molar-refractivity contribution is 6.31. The molecule has 1 atom stereocenters. The van der Waals surface area contributed by atoms with Crippen LogP contribution in [0.1, 0.15) is 24.1 Å². The minimum Gasteiger partial charge on any atom is -0.392 e. The van der Waals surface area contributed by atoms with Crippen molar-refractivity contribution in [3.8, 4) is 0 Å². The lowest BCUT2D eigenvalue weighted by Crippen LogP contribution is -2.12. The highest BCUT2D eigenvalue weighted by atomic mass is 35.5. The summed E-state index contributed by atoms with van der Waals surface area (Å²) in [5, 5.41) is 12.7. The summed E-state index contributed by atoms with van der Waals surface area (Å²) in [6, 6.07) is 5.86. The molecule has 2 N–H and O–H groups in total. The zero-order valence-electron chi connectivity index (χ0n) is 7.84. The van der Waals surface area contributed by atoms with Crippen LogP contribution in [0.2, 0.25) is 5.02 Å². The molecule has 0 bridgehead atoms. The van der Waals surface area contributed by atoms with Crippen LogP contribution in [-0.2, 0) is 6.61 Å². The fourth-order valence-corrected chi connectivity index (χ4v) is 1.54. The van der Waals surface area contributed by atoms with Crippen molar-refractivity contribution in [2.75, 3.05) is 7.05 Å². The third kappa shape index (κ3) is 2.44. The lowest BCUT2D eigenvalue weighted by molar-refractivity contribution is 0.282. The molecule has 0 saturated carbocycles. The summed E-state index contributed by atoms with van der Waals surface area (Å²) < 4.78 is 0. The van der Waals surface area contributed by atoms with Gasteiger partial charge in [-0.15, -0.1) is 0 Å². The van der Waals surface area contributed by atoms with Crippen LogP contribution in [-0.4, -0.2) is 12.2 Å². The zero-order valence-corrected chi connectivity index (χ0v) is 8.60. The fraction of sp³-hybridized carbons (Fsp3) is 0.400. The van der Waals surface area contributed by atoms with Crippen LogP contribution in [0.25, 0.3) is 0 Å². The summed E-state index contributed by atoms with van der Waals surface area (Å²) in [5.74, 6) is 0. The maximum absolute atomic E-state index is 8.87. The van der Waals surface area contributed by atoms with Crippen LogP contribution in [0.4, 0.5) is 0 Å². The Hall–Kier alpha value is -0.570. The molecule has 0 heterocycles. The Morgan fingerprint density at radius 3 is 2.69 bits per heavy atom. The van der Waals surface area contributed by atoms with Gasteiger partial charge in [0, 0.05) is 11.1 Å². The van der Waals surface area contributed by atoms with Gasteiger partial charge >= 0.3 is 0 Å². The van der Waals surface area contributed by atoms with E-state index in [1.54, 1.807) is 6.07 Å². The quantitative estimate of drug-likeness (QED) is 0.782. The summed E-state index contributed by atoms with van der Waals surface area (Å²) in [7, 11) is 1.89. The first kappa shape index (κ1) is 10.5. The smallest absolute Gasteiger partial charge is 0.0682 e. The van der Waals surface area contributed by atoms with Crippen molar-refractivity contribution in [2.45, 2.75) is 19.6 Å². The normalized spacial score (nSPS) is 12.9. The van der Waals surface area contributed by atoms with E-state index in [0.717, 1.165) is 11.1 Å². The number of aliphatic hydroxyl groups is 1. The average molecular weight is 200 g/mol. The lowest BCUT2D eigenvalue weighted by Gasteiger charge is -2.12. The summed E-state index contributed by atoms with van der Waals surface area (Å²) in [4.78, 5) is 0. The van der Waals surface area contributed by atoms with Crippen molar-refractivity contribution < 1.29 is 5.11 Å². The number of benzene rings is 1. The van der Waals surface area contributed by atoms with E-state index in [2.05, 4.69) is 5.32 Å². The Bertz CT molecular complexity index is 288. The first-order chi connectivity index (χ1) is 6.19. The van der Waals surface area contributed by atoms with E-state index in [4.69, 9.17) is 16.7 Å². The topological polar surface area (TPSA) is 32.3 Å². The van der Waals surface area contributed by atoms with Crippen LogP contribution >= 0.6 is 11.6 Å². The second kappa shape index (κ2) is 4.61. The van der Waals surface area contributed by atoms with E-state index in [1.807, 2.05) is 26.1 Å². The molecule has 0 spiro atoms. The van der Waals surface area contributed by atoms with E-state index >= 15 is 0 Å². The third-order valence-electron chi connectivity index (χ3n) is 2.15. The van der Waals surface area contributed by atoms with Gasteiger partial charge in [0.2, 0.25) is 0 Å². The zero-order chi connectivity index (χ0) is 9.84. The van der Waals surface area contributed by atoms with Crippen molar-refractivity contribution in [2.24, 2.45) is 0 Å². The van der Waals surface area contributed by atoms with Gasteiger partial charge in [0.1, 0.15) is 0 Å². The van der Waals surface area contributed by atoms with Gasteiger partial charge in [0.05, 0.1) is 6.61 Å². The Kier molecular flexibility index (Phi) is 3.72. The lowest BCUT2D eigenvalue weighted by atomic mass is 10.1. The summed E-state index contributed by atoms with van der Waals surface area (Å²) in [5.41, 5.74) is 1.90. The van der Waals surface area contributed by atoms with Gasteiger partial charge in [-0.05, 0) is 31.2 Å². The van der Waals surface area contributed by atoms with Crippen molar-refractivity contribution in [3.63, 3.8) is 0 Å². The van der Waals surface area contributed by atoms with Gasteiger partial charge in [0.15, 0.2) is 0 Å². The number of nitrogens with one attached hydrogen (secondary N) is 1. The van der Waals surface area contributed by atoms with Crippen molar-refractivity contribution in [1.29, 1.82) is 0 Å². The Morgan fingerprint density at radius 1 is 1.54 bits per heavy atom. The predicted octanol–water partition coefficient (Wildman–Crippen LogP) is 2.11. The van der Waals surface area contributed by atoms with Crippen LogP contribution in [0, 0.1) is 0 Å². The van der Waals surface area contributed by atoms with Crippen molar-refractivity contribution in [1.82, 2.24) is 5.32 Å². The van der Waals surface area contributed by atoms with E-state index in [0.29, 0.717) is 5.02 Å². The van der Waals surface area contributed by atoms with E-state index < -0.39 is 0 Å². The van der Waals surface area contributed by atoms with Gasteiger partial charge in [-0.25, -0.2) is 0 Å². The molecule has 1 unspecified atom stereocenters. The molecular formula is C10H14ClNO. The monoisotopic (exact) mass is 199 g/mol. The minimum absolute atomic E-state index is 0.0356. The molecule has 3 heteroatoms. The molecule has 13 heavy (non-hydrogen) atoms. The molecule has 0 radical (unpaired) electrons. The predicted molar refractivity (Wildman–Crippen MR) is 54.8 cm³/mol. The second-order valence-electron chi connectivity index (χ2n) is 3.02. The van der Waals surface area contributed by atoms with E-state index in [9.17, 15) is 0 Å². The third-order valence-corrected chi connectivity index (χ3v) is 2.47. The van der Waals surface area contributed by atoms with Gasteiger partial charge in [-0.2, -0.15) is 0 Å². The van der Waals surface area contributed by atoms with Crippen molar-refractivity contribution >= 4 is 11.6 Å². The SMILES string of the molecule is CNC(C)c1ccc(CO)cc1Cl. The van der Waals surface area contributed by atoms with E-state index in [-0.39, 0.29) is 12.6 Å². The molecule has 1 aromatic rings. The molecule has 0 aliphatic carbocycles. The second-order valence-corrected chi connectivity index (χ2v) is 3.43. The summed E-state index contributed by atoms with van der Waals surface area (Å²) >= 11 is 6.03. The Balaban J connectivity index is 2.98. The van der Waals surface area contributed by atoms with Gasteiger partial charge in [-0.1, -0.05) is 23.7 Å². The molecule has 72 valence electrons. The van der Waals surface area contributed by atoms with Crippen molar-refractivity contribution in [3.05, 3.63) is 34.3 Å². The number of hydrogen-bond acceptors (Lipinski definition) is 2. The molecule has 0 saturated heterocycles. The first-order valence-corrected chi connectivity index (χ1v) is 4.63. The first-order valence-electron chi connectivity index (χ1n) is 4.25. The minimum atomic E-state index is 0.0356. The molecule has 0 aromatic heterocycles. The average Bonchev–Trinajstić information content (AvgIpc) is 2.16. The standard InChI is InChI=1S/C10H14ClNO/c1-7(12-2)9-4-3-8(6-13)5-10(9)11/h3-5,7,12-13H,6H2,1-2H3. The molecule has 0 amide bonds. The molecule has 2 nitrogen and oxygen atoms in total. The van der Waals surface area contributed by atoms with Gasteiger partial charge in [-0.3, -0.25) is 0 Å². The molecule has 1 aromatic carbocycles. The molecular weight excluding hydrogens is 186 g/mol. The number of hydrogen-bond donors (Lipinski definition) is 2. The van der Waals surface area contributed by atoms with Crippen LogP contribution in [0.15, 0.2) is 18.2 Å². The number of halogens is 1. The van der Waals surface area contributed by atoms with Crippen LogP contribution in [0.5, 0.6) is 0 Å². The fourth-order valence-electron chi connectivity index (χ4n) is 1.18. The summed E-state index contributed by atoms with van der Waals surface area (Å²) in [6.45, 7) is 2.08. The Labute approximate surface area is 83.5 Å².